The van der Waals surface area contributed by atoms with Gasteiger partial charge in [-0.05, 0) is 82.5 Å². The number of hydrogen-bond acceptors (Lipinski definition) is 9. The maximum Gasteiger partial charge on any atom is 0.421 e. The van der Waals surface area contributed by atoms with E-state index in [2.05, 4.69) is 0 Å². The van der Waals surface area contributed by atoms with Crippen LogP contribution < -0.4 is 14.4 Å². The van der Waals surface area contributed by atoms with Gasteiger partial charge in [-0.15, -0.1) is 0 Å². The van der Waals surface area contributed by atoms with Gasteiger partial charge < -0.3 is 18.9 Å². The summed E-state index contributed by atoms with van der Waals surface area (Å²) in [5.41, 5.74) is -0.303. The standard InChI is InChI=1S/C37H37NO9/c1-7-45-33(41)31(40)28-29(21-12-10-11-20(2)17-21)37(19-24-30(39)23-13-8-9-14-27(23)46-32(24)28)25-18-22(44-6)15-16-26(25)38(34(37)42)35(43)47-36(3,4)5/h8-18,24,28-29,32H,7,19H2,1-6H3/t24-,28+,29-,32-,37-/m0/s1. The van der Waals surface area contributed by atoms with Crippen molar-refractivity contribution in [3.63, 3.8) is 0 Å². The Hall–Kier alpha value is -4.99. The van der Waals surface area contributed by atoms with Crippen molar-refractivity contribution < 1.29 is 42.9 Å². The highest BCUT2D eigenvalue weighted by molar-refractivity contribution is 6.35. The molecule has 3 aliphatic rings. The molecule has 1 spiro atoms. The highest BCUT2D eigenvalue weighted by Crippen LogP contribution is 2.62. The quantitative estimate of drug-likeness (QED) is 0.255. The second-order valence-electron chi connectivity index (χ2n) is 13.2. The van der Waals surface area contributed by atoms with E-state index in [4.69, 9.17) is 18.9 Å². The fourth-order valence-corrected chi connectivity index (χ4v) is 7.45. The molecular formula is C37H37NO9. The third-order valence-corrected chi connectivity index (χ3v) is 9.20. The summed E-state index contributed by atoms with van der Waals surface area (Å²) in [4.78, 5) is 72.2. The minimum atomic E-state index is -1.70. The average molecular weight is 640 g/mol. The summed E-state index contributed by atoms with van der Waals surface area (Å²) in [5.74, 6) is -5.78. The Morgan fingerprint density at radius 2 is 1.74 bits per heavy atom. The van der Waals surface area contributed by atoms with Crippen molar-refractivity contribution in [2.75, 3.05) is 18.6 Å². The molecule has 0 radical (unpaired) electrons. The summed E-state index contributed by atoms with van der Waals surface area (Å²) < 4.78 is 23.0. The van der Waals surface area contributed by atoms with Gasteiger partial charge in [-0.25, -0.2) is 14.5 Å². The van der Waals surface area contributed by atoms with Gasteiger partial charge >= 0.3 is 12.1 Å². The van der Waals surface area contributed by atoms with Crippen molar-refractivity contribution >= 4 is 35.2 Å². The zero-order valence-corrected chi connectivity index (χ0v) is 27.2. The number of hydrogen-bond donors (Lipinski definition) is 0. The number of aryl methyl sites for hydroxylation is 1. The van der Waals surface area contributed by atoms with Crippen LogP contribution >= 0.6 is 0 Å². The van der Waals surface area contributed by atoms with Crippen LogP contribution in [0.15, 0.2) is 66.7 Å². The fraction of sp³-hybridized carbons (Fsp3) is 0.378. The van der Waals surface area contributed by atoms with E-state index in [-0.39, 0.29) is 30.2 Å². The number of esters is 1. The number of benzene rings is 3. The maximum atomic E-state index is 15.2. The first-order valence-electron chi connectivity index (χ1n) is 15.7. The summed E-state index contributed by atoms with van der Waals surface area (Å²) in [6, 6.07) is 18.9. The number of imide groups is 1. The van der Waals surface area contributed by atoms with Crippen LogP contribution in [0.25, 0.3) is 0 Å². The third-order valence-electron chi connectivity index (χ3n) is 9.20. The second-order valence-corrected chi connectivity index (χ2v) is 13.2. The van der Waals surface area contributed by atoms with Crippen LogP contribution in [0.4, 0.5) is 10.5 Å². The molecule has 6 rings (SSSR count). The zero-order chi connectivity index (χ0) is 33.8. The second kappa shape index (κ2) is 11.7. The summed E-state index contributed by atoms with van der Waals surface area (Å²) >= 11 is 0. The van der Waals surface area contributed by atoms with Crippen molar-refractivity contribution in [2.24, 2.45) is 11.8 Å². The summed E-state index contributed by atoms with van der Waals surface area (Å²) in [6.45, 7) is 8.50. The number of ketones is 2. The molecule has 2 heterocycles. The lowest BCUT2D eigenvalue weighted by Gasteiger charge is -2.52. The van der Waals surface area contributed by atoms with Crippen molar-refractivity contribution in [3.8, 4) is 11.5 Å². The predicted molar refractivity (Wildman–Crippen MR) is 171 cm³/mol. The average Bonchev–Trinajstić information content (AvgIpc) is 3.26. The van der Waals surface area contributed by atoms with Crippen LogP contribution in [0.5, 0.6) is 11.5 Å². The van der Waals surface area contributed by atoms with Gasteiger partial charge in [0.1, 0.15) is 23.2 Å². The highest BCUT2D eigenvalue weighted by Gasteiger charge is 2.68. The normalized spacial score (nSPS) is 24.5. The van der Waals surface area contributed by atoms with Gasteiger partial charge in [-0.2, -0.15) is 0 Å². The molecule has 10 heteroatoms. The summed E-state index contributed by atoms with van der Waals surface area (Å²) in [6.07, 6.45) is -2.13. The maximum absolute atomic E-state index is 15.2. The van der Waals surface area contributed by atoms with Crippen LogP contribution in [-0.4, -0.2) is 55.0 Å². The number of methoxy groups -OCH3 is 1. The molecule has 10 nitrogen and oxygen atoms in total. The molecule has 1 fully saturated rings. The highest BCUT2D eigenvalue weighted by atomic mass is 16.6. The molecule has 1 aliphatic carbocycles. The van der Waals surface area contributed by atoms with Gasteiger partial charge in [-0.3, -0.25) is 14.4 Å². The van der Waals surface area contributed by atoms with E-state index in [0.717, 1.165) is 10.5 Å². The number of ether oxygens (including phenoxy) is 4. The molecular weight excluding hydrogens is 602 g/mol. The van der Waals surface area contributed by atoms with Crippen LogP contribution in [0, 0.1) is 18.8 Å². The lowest BCUT2D eigenvalue weighted by atomic mass is 9.51. The Labute approximate surface area is 272 Å². The minimum absolute atomic E-state index is 0.0559. The van der Waals surface area contributed by atoms with Gasteiger partial charge in [0, 0.05) is 5.92 Å². The molecule has 0 saturated heterocycles. The molecule has 3 aromatic rings. The number of rotatable bonds is 5. The molecule has 2 amide bonds. The van der Waals surface area contributed by atoms with E-state index in [1.165, 1.54) is 7.11 Å². The number of amides is 2. The van der Waals surface area contributed by atoms with Gasteiger partial charge in [0.2, 0.25) is 11.7 Å². The van der Waals surface area contributed by atoms with E-state index in [9.17, 15) is 19.2 Å². The first-order valence-corrected chi connectivity index (χ1v) is 15.7. The monoisotopic (exact) mass is 639 g/mol. The fourth-order valence-electron chi connectivity index (χ4n) is 7.45. The Morgan fingerprint density at radius 1 is 1.00 bits per heavy atom. The molecule has 2 aliphatic heterocycles. The molecule has 47 heavy (non-hydrogen) atoms. The predicted octanol–water partition coefficient (Wildman–Crippen LogP) is 5.72. The van der Waals surface area contributed by atoms with E-state index >= 15 is 4.79 Å². The number of fused-ring (bicyclic) bond motifs is 4. The molecule has 0 bridgehead atoms. The van der Waals surface area contributed by atoms with Crippen LogP contribution in [0.3, 0.4) is 0 Å². The Bertz CT molecular complexity index is 1810. The number of carbonyl (C=O) groups is 5. The molecule has 0 N–H and O–H groups in total. The molecule has 1 saturated carbocycles. The minimum Gasteiger partial charge on any atom is -0.497 e. The van der Waals surface area contributed by atoms with Crippen LogP contribution in [0.2, 0.25) is 0 Å². The Morgan fingerprint density at radius 3 is 2.43 bits per heavy atom. The van der Waals surface area contributed by atoms with Gasteiger partial charge in [-0.1, -0.05) is 42.0 Å². The Kier molecular flexibility index (Phi) is 7.94. The van der Waals surface area contributed by atoms with Crippen molar-refractivity contribution in [1.82, 2.24) is 0 Å². The lowest BCUT2D eigenvalue weighted by Crippen LogP contribution is -2.62. The summed E-state index contributed by atoms with van der Waals surface area (Å²) in [5, 5.41) is 0. The van der Waals surface area contributed by atoms with E-state index in [1.807, 2.05) is 19.1 Å². The first kappa shape index (κ1) is 32.0. The number of Topliss-reactive ketones (excluding diaryl/α,β-unsaturated/α-hetero) is 2. The van der Waals surface area contributed by atoms with E-state index < -0.39 is 58.6 Å². The number of anilines is 1. The molecule has 5 atom stereocenters. The number of para-hydroxylation sites is 1. The lowest BCUT2D eigenvalue weighted by molar-refractivity contribution is -0.160. The molecule has 0 unspecified atom stereocenters. The van der Waals surface area contributed by atoms with Gasteiger partial charge in [0.15, 0.2) is 5.78 Å². The summed E-state index contributed by atoms with van der Waals surface area (Å²) in [7, 11) is 1.48. The topological polar surface area (TPSA) is 126 Å². The SMILES string of the molecule is CCOC(=O)C(=O)[C@@H]1[C@H]2Oc3ccccc3C(=O)[C@@H]2C[C@@]2(C(=O)N(C(=O)OC(C)(C)C)c3ccc(OC)cc32)[C@H]1c1cccc(C)c1. The number of carbonyl (C=O) groups excluding carboxylic acids is 5. The van der Waals surface area contributed by atoms with Gasteiger partial charge in [0.05, 0.1) is 42.2 Å². The largest absolute Gasteiger partial charge is 0.497 e. The zero-order valence-electron chi connectivity index (χ0n) is 27.2. The van der Waals surface area contributed by atoms with E-state index in [0.29, 0.717) is 22.4 Å². The van der Waals surface area contributed by atoms with Crippen molar-refractivity contribution in [2.45, 2.75) is 64.1 Å². The first-order chi connectivity index (χ1) is 22.3. The Balaban J connectivity index is 1.68. The van der Waals surface area contributed by atoms with Crippen LogP contribution in [0.1, 0.15) is 67.1 Å². The van der Waals surface area contributed by atoms with Gasteiger partial charge in [0.25, 0.3) is 0 Å². The molecule has 3 aromatic carbocycles. The molecule has 244 valence electrons. The number of nitrogens with zero attached hydrogens (tertiary/aromatic N) is 1. The van der Waals surface area contributed by atoms with Crippen molar-refractivity contribution in [1.29, 1.82) is 0 Å². The molecule has 0 aromatic heterocycles. The van der Waals surface area contributed by atoms with Crippen molar-refractivity contribution in [3.05, 3.63) is 89.0 Å². The van der Waals surface area contributed by atoms with E-state index in [1.54, 1.807) is 82.3 Å². The van der Waals surface area contributed by atoms with Crippen LogP contribution in [-0.2, 0) is 29.3 Å². The smallest absolute Gasteiger partial charge is 0.421 e. The third kappa shape index (κ3) is 5.16.